The number of nitrogens with zero attached hydrogens (tertiary/aromatic N) is 1. The lowest BCUT2D eigenvalue weighted by atomic mass is 9.70. The third-order valence-electron chi connectivity index (χ3n) is 8.96. The zero-order chi connectivity index (χ0) is 29.1. The summed E-state index contributed by atoms with van der Waals surface area (Å²) < 4.78 is 40.9. The Hall–Kier alpha value is -2.55. The molecule has 1 amide bonds. The molecule has 3 aliphatic rings. The van der Waals surface area contributed by atoms with Gasteiger partial charge in [-0.3, -0.25) is 4.79 Å². The standard InChI is InChI=1S/C32H41ClN2O5S/c1-21-7-13-30(39-3)28-12-9-25(28)19-35-15-5-4-6-23-17-27(33)11-8-26(23)20-40-31-14-10-24(18-29(31)35)32(36)34-41(37,38)22(2)16-21/h7-8,10-11,13-14,17-18,21-22,25,28,30H,4-6,9,12,15-16,19-20H2,1-3H3,(H,34,36)/b13-7+/t21-,22+,25-,28+,30-/m0/s1. The van der Waals surface area contributed by atoms with E-state index in [9.17, 15) is 13.2 Å². The molecule has 0 unspecified atom stereocenters. The highest BCUT2D eigenvalue weighted by atomic mass is 35.5. The van der Waals surface area contributed by atoms with Crippen molar-refractivity contribution in [2.75, 3.05) is 25.1 Å². The summed E-state index contributed by atoms with van der Waals surface area (Å²) in [5, 5.41) is -0.0121. The van der Waals surface area contributed by atoms with Crippen LogP contribution < -0.4 is 14.4 Å². The van der Waals surface area contributed by atoms with E-state index in [0.29, 0.717) is 36.2 Å². The second-order valence-electron chi connectivity index (χ2n) is 11.9. The zero-order valence-corrected chi connectivity index (χ0v) is 25.7. The molecule has 2 aliphatic heterocycles. The number of ether oxygens (including phenoxy) is 2. The summed E-state index contributed by atoms with van der Waals surface area (Å²) in [7, 11) is -2.11. The average Bonchev–Trinajstić information content (AvgIpc) is 2.95. The Morgan fingerprint density at radius 2 is 1.88 bits per heavy atom. The van der Waals surface area contributed by atoms with E-state index < -0.39 is 21.2 Å². The van der Waals surface area contributed by atoms with Gasteiger partial charge in [0, 0.05) is 30.8 Å². The number of anilines is 1. The number of methoxy groups -OCH3 is 1. The fourth-order valence-electron chi connectivity index (χ4n) is 6.33. The van der Waals surface area contributed by atoms with Gasteiger partial charge in [0.15, 0.2) is 0 Å². The maximum Gasteiger partial charge on any atom is 0.264 e. The van der Waals surface area contributed by atoms with E-state index in [0.717, 1.165) is 61.5 Å². The molecule has 0 saturated heterocycles. The van der Waals surface area contributed by atoms with Crippen LogP contribution in [-0.2, 0) is 27.8 Å². The summed E-state index contributed by atoms with van der Waals surface area (Å²) in [6.07, 6.45) is 9.60. The molecule has 1 saturated carbocycles. The van der Waals surface area contributed by atoms with Crippen molar-refractivity contribution in [3.63, 3.8) is 0 Å². The lowest BCUT2D eigenvalue weighted by Crippen LogP contribution is -2.44. The van der Waals surface area contributed by atoms with Crippen molar-refractivity contribution >= 4 is 33.2 Å². The van der Waals surface area contributed by atoms with Gasteiger partial charge in [-0.2, -0.15) is 0 Å². The molecule has 2 aromatic carbocycles. The maximum atomic E-state index is 13.3. The van der Waals surface area contributed by atoms with Crippen LogP contribution in [0.4, 0.5) is 5.69 Å². The number of nitrogens with one attached hydrogen (secondary N) is 1. The summed E-state index contributed by atoms with van der Waals surface area (Å²) >= 11 is 6.31. The summed E-state index contributed by atoms with van der Waals surface area (Å²) in [6, 6.07) is 11.2. The van der Waals surface area contributed by atoms with Crippen LogP contribution in [0.3, 0.4) is 0 Å². The van der Waals surface area contributed by atoms with Crippen LogP contribution in [0.1, 0.15) is 67.4 Å². The molecule has 0 spiro atoms. The molecule has 5 rings (SSSR count). The molecular formula is C32H41ClN2O5S. The number of amides is 1. The van der Waals surface area contributed by atoms with Gasteiger partial charge in [0.25, 0.3) is 5.91 Å². The Balaban J connectivity index is 1.54. The van der Waals surface area contributed by atoms with Crippen LogP contribution in [-0.4, -0.2) is 45.9 Å². The number of carbonyl (C=O) groups excluding carboxylic acids is 1. The summed E-state index contributed by atoms with van der Waals surface area (Å²) in [6.45, 7) is 5.63. The van der Waals surface area contributed by atoms with Gasteiger partial charge in [0.05, 0.1) is 17.0 Å². The van der Waals surface area contributed by atoms with Crippen LogP contribution in [0.5, 0.6) is 5.75 Å². The molecule has 2 bridgehead atoms. The van der Waals surface area contributed by atoms with E-state index in [1.807, 2.05) is 25.1 Å². The molecule has 222 valence electrons. The molecule has 1 aliphatic carbocycles. The number of fused-ring (bicyclic) bond motifs is 3. The van der Waals surface area contributed by atoms with Crippen molar-refractivity contribution in [2.45, 2.75) is 70.3 Å². The molecule has 41 heavy (non-hydrogen) atoms. The molecule has 0 radical (unpaired) electrons. The first-order valence-electron chi connectivity index (χ1n) is 14.7. The van der Waals surface area contributed by atoms with Crippen molar-refractivity contribution in [3.8, 4) is 5.75 Å². The Morgan fingerprint density at radius 1 is 1.05 bits per heavy atom. The Labute approximate surface area is 249 Å². The van der Waals surface area contributed by atoms with Gasteiger partial charge in [-0.1, -0.05) is 36.7 Å². The van der Waals surface area contributed by atoms with Gasteiger partial charge < -0.3 is 14.4 Å². The number of hydrogen-bond donors (Lipinski definition) is 1. The second-order valence-corrected chi connectivity index (χ2v) is 14.4. The van der Waals surface area contributed by atoms with Gasteiger partial charge >= 0.3 is 0 Å². The third-order valence-corrected chi connectivity index (χ3v) is 10.9. The van der Waals surface area contributed by atoms with Crippen molar-refractivity contribution in [1.82, 2.24) is 4.72 Å². The van der Waals surface area contributed by atoms with Crippen LogP contribution >= 0.6 is 11.6 Å². The Kier molecular flexibility index (Phi) is 9.31. The van der Waals surface area contributed by atoms with Crippen LogP contribution in [0.25, 0.3) is 0 Å². The molecule has 0 aromatic heterocycles. The average molecular weight is 601 g/mol. The predicted octanol–water partition coefficient (Wildman–Crippen LogP) is 6.15. The molecular weight excluding hydrogens is 560 g/mol. The first-order chi connectivity index (χ1) is 19.6. The predicted molar refractivity (Wildman–Crippen MR) is 163 cm³/mol. The van der Waals surface area contributed by atoms with Crippen LogP contribution in [0, 0.1) is 17.8 Å². The van der Waals surface area contributed by atoms with E-state index in [2.05, 4.69) is 21.8 Å². The summed E-state index contributed by atoms with van der Waals surface area (Å²) in [5.41, 5.74) is 3.40. The van der Waals surface area contributed by atoms with Crippen LogP contribution in [0.2, 0.25) is 5.02 Å². The van der Waals surface area contributed by atoms with E-state index in [1.165, 1.54) is 5.56 Å². The zero-order valence-electron chi connectivity index (χ0n) is 24.1. The molecule has 9 heteroatoms. The number of hydrogen-bond acceptors (Lipinski definition) is 6. The molecule has 7 nitrogen and oxygen atoms in total. The molecule has 1 N–H and O–H groups in total. The van der Waals surface area contributed by atoms with Gasteiger partial charge in [-0.25, -0.2) is 13.1 Å². The highest BCUT2D eigenvalue weighted by Crippen LogP contribution is 2.41. The fourth-order valence-corrected chi connectivity index (χ4v) is 7.66. The third kappa shape index (κ3) is 6.92. The second kappa shape index (κ2) is 12.8. The summed E-state index contributed by atoms with van der Waals surface area (Å²) in [5.74, 6) is 0.880. The number of benzene rings is 2. The topological polar surface area (TPSA) is 84.9 Å². The van der Waals surface area contributed by atoms with Gasteiger partial charge in [-0.05, 0) is 105 Å². The first kappa shape index (κ1) is 29.9. The number of rotatable bonds is 1. The molecule has 1 fully saturated rings. The molecule has 2 heterocycles. The van der Waals surface area contributed by atoms with Gasteiger partial charge in [0.2, 0.25) is 10.0 Å². The molecule has 5 atom stereocenters. The van der Waals surface area contributed by atoms with E-state index in [4.69, 9.17) is 21.1 Å². The maximum absolute atomic E-state index is 13.3. The minimum absolute atomic E-state index is 0.0220. The van der Waals surface area contributed by atoms with Gasteiger partial charge in [-0.15, -0.1) is 0 Å². The minimum Gasteiger partial charge on any atom is -0.487 e. The Bertz CT molecular complexity index is 1390. The smallest absolute Gasteiger partial charge is 0.264 e. The number of halogens is 1. The number of allylic oxidation sites excluding steroid dienone is 1. The highest BCUT2D eigenvalue weighted by molar-refractivity contribution is 7.90. The van der Waals surface area contributed by atoms with E-state index in [-0.39, 0.29) is 12.0 Å². The van der Waals surface area contributed by atoms with Crippen molar-refractivity contribution in [1.29, 1.82) is 0 Å². The number of sulfonamides is 1. The van der Waals surface area contributed by atoms with E-state index >= 15 is 0 Å². The fraction of sp³-hybridized carbons (Fsp3) is 0.531. The van der Waals surface area contributed by atoms with E-state index in [1.54, 1.807) is 32.2 Å². The first-order valence-corrected chi connectivity index (χ1v) is 16.6. The number of carbonyl (C=O) groups is 1. The normalized spacial score (nSPS) is 29.4. The lowest BCUT2D eigenvalue weighted by Gasteiger charge is -2.43. The van der Waals surface area contributed by atoms with Crippen molar-refractivity contribution < 1.29 is 22.7 Å². The highest BCUT2D eigenvalue weighted by Gasteiger charge is 2.38. The minimum atomic E-state index is -3.87. The molecule has 2 aromatic rings. The van der Waals surface area contributed by atoms with Crippen LogP contribution in [0.15, 0.2) is 48.6 Å². The summed E-state index contributed by atoms with van der Waals surface area (Å²) in [4.78, 5) is 15.6. The van der Waals surface area contributed by atoms with Crippen molar-refractivity contribution in [3.05, 3.63) is 70.3 Å². The van der Waals surface area contributed by atoms with Crippen molar-refractivity contribution in [2.24, 2.45) is 17.8 Å². The largest absolute Gasteiger partial charge is 0.487 e. The SMILES string of the molecule is CO[C@H]1/C=C/[C@H](C)C[C@@H](C)S(=O)(=O)NC(=O)c2ccc3c(c2)N(CCCCc2cc(Cl)ccc2CO3)C[C@@H]2CC[C@H]21. The lowest BCUT2D eigenvalue weighted by molar-refractivity contribution is 0.0133. The Morgan fingerprint density at radius 3 is 2.63 bits per heavy atom. The monoisotopic (exact) mass is 600 g/mol. The quantitative estimate of drug-likeness (QED) is 0.395. The van der Waals surface area contributed by atoms with Gasteiger partial charge in [0.1, 0.15) is 12.4 Å². The number of aryl methyl sites for hydroxylation is 1.